The highest BCUT2D eigenvalue weighted by Crippen LogP contribution is 2.24. The minimum atomic E-state index is -3.57. The maximum absolute atomic E-state index is 12.1. The molecule has 0 amide bonds. The summed E-state index contributed by atoms with van der Waals surface area (Å²) in [6, 6.07) is 14.5. The fourth-order valence-corrected chi connectivity index (χ4v) is 3.07. The Morgan fingerprint density at radius 1 is 1.05 bits per heavy atom. The van der Waals surface area contributed by atoms with E-state index in [4.69, 9.17) is 23.2 Å². The highest BCUT2D eigenvalue weighted by atomic mass is 35.5. The predicted molar refractivity (Wildman–Crippen MR) is 80.6 cm³/mol. The zero-order valence-electron chi connectivity index (χ0n) is 10.4. The van der Waals surface area contributed by atoms with E-state index in [2.05, 4.69) is 10.8 Å². The third-order valence-corrected chi connectivity index (χ3v) is 4.89. The van der Waals surface area contributed by atoms with Crippen molar-refractivity contribution >= 4 is 33.2 Å². The summed E-state index contributed by atoms with van der Waals surface area (Å²) in [5.74, 6) is 0. The maximum atomic E-state index is 12.1. The Labute approximate surface area is 128 Å². The van der Waals surface area contributed by atoms with Gasteiger partial charge >= 0.3 is 0 Å². The quantitative estimate of drug-likeness (QED) is 0.915. The van der Waals surface area contributed by atoms with Crippen molar-refractivity contribution in [3.05, 3.63) is 64.1 Å². The normalized spacial score (nSPS) is 11.5. The monoisotopic (exact) mass is 328 g/mol. The Hall–Kier alpha value is -1.07. The van der Waals surface area contributed by atoms with Gasteiger partial charge < -0.3 is 0 Å². The number of hydrogen-bond donors (Lipinski definition) is 1. The van der Waals surface area contributed by atoms with Crippen molar-refractivity contribution in [2.45, 2.75) is 11.3 Å². The lowest BCUT2D eigenvalue weighted by atomic mass is 10.2. The fourth-order valence-electron chi connectivity index (χ4n) is 1.65. The Morgan fingerprint density at radius 3 is 2.40 bits per heavy atom. The molecule has 0 saturated carbocycles. The van der Waals surface area contributed by atoms with Crippen LogP contribution >= 0.6 is 23.2 Å². The van der Waals surface area contributed by atoms with E-state index in [0.29, 0.717) is 18.0 Å². The number of hydrogen-bond acceptors (Lipinski definition) is 2. The molecule has 0 aliphatic rings. The van der Waals surface area contributed by atoms with Crippen LogP contribution in [-0.4, -0.2) is 15.0 Å². The number of benzene rings is 2. The zero-order valence-corrected chi connectivity index (χ0v) is 12.8. The predicted octanol–water partition coefficient (Wildman–Crippen LogP) is 3.31. The van der Waals surface area contributed by atoms with Gasteiger partial charge in [-0.1, -0.05) is 47.5 Å². The molecule has 0 bridgehead atoms. The molecule has 1 radical (unpaired) electrons. The van der Waals surface area contributed by atoms with E-state index in [0.717, 1.165) is 5.56 Å². The summed E-state index contributed by atoms with van der Waals surface area (Å²) in [6.07, 6.45) is 0.606. The van der Waals surface area contributed by atoms with Crippen LogP contribution in [0.5, 0.6) is 0 Å². The first kappa shape index (κ1) is 15.3. The topological polar surface area (TPSA) is 46.2 Å². The highest BCUT2D eigenvalue weighted by Gasteiger charge is 2.14. The summed E-state index contributed by atoms with van der Waals surface area (Å²) in [6.45, 7) is 0.312. The molecular weight excluding hydrogens is 317 g/mol. The molecule has 2 aromatic rings. The van der Waals surface area contributed by atoms with Gasteiger partial charge in [0.1, 0.15) is 0 Å². The molecule has 0 aromatic heterocycles. The lowest BCUT2D eigenvalue weighted by molar-refractivity contribution is 0.581. The minimum Gasteiger partial charge on any atom is -0.211 e. The second-order valence-electron chi connectivity index (χ2n) is 4.13. The van der Waals surface area contributed by atoms with Crippen LogP contribution in [0.2, 0.25) is 10.0 Å². The second kappa shape index (κ2) is 6.59. The van der Waals surface area contributed by atoms with Gasteiger partial charge in [0.25, 0.3) is 0 Å². The Kier molecular flexibility index (Phi) is 5.05. The first-order valence-electron chi connectivity index (χ1n) is 5.89. The molecule has 3 nitrogen and oxygen atoms in total. The highest BCUT2D eigenvalue weighted by molar-refractivity contribution is 7.89. The summed E-state index contributed by atoms with van der Waals surface area (Å²) in [4.78, 5) is 0.105. The van der Waals surface area contributed by atoms with E-state index in [9.17, 15) is 8.42 Å². The first-order valence-corrected chi connectivity index (χ1v) is 8.13. The third-order valence-electron chi connectivity index (χ3n) is 2.69. The molecule has 20 heavy (non-hydrogen) atoms. The van der Waals surface area contributed by atoms with E-state index >= 15 is 0 Å². The maximum Gasteiger partial charge on any atom is 0.240 e. The van der Waals surface area contributed by atoms with Crippen LogP contribution in [0, 0.1) is 6.07 Å². The van der Waals surface area contributed by atoms with Gasteiger partial charge in [-0.15, -0.1) is 0 Å². The van der Waals surface area contributed by atoms with Crippen molar-refractivity contribution in [2.24, 2.45) is 0 Å². The van der Waals surface area contributed by atoms with Crippen molar-refractivity contribution in [3.8, 4) is 0 Å². The SMILES string of the molecule is O=S(=O)(NCCc1cc[c]cc1)c1ccc(Cl)c(Cl)c1. The van der Waals surface area contributed by atoms with Gasteiger partial charge in [0.15, 0.2) is 0 Å². The molecule has 0 spiro atoms. The largest absolute Gasteiger partial charge is 0.240 e. The van der Waals surface area contributed by atoms with Crippen LogP contribution in [0.3, 0.4) is 0 Å². The van der Waals surface area contributed by atoms with Gasteiger partial charge in [0.05, 0.1) is 14.9 Å². The van der Waals surface area contributed by atoms with Gasteiger partial charge in [0.2, 0.25) is 10.0 Å². The Bertz CT molecular complexity index is 688. The van der Waals surface area contributed by atoms with Crippen LogP contribution in [0.15, 0.2) is 47.4 Å². The molecule has 2 rings (SSSR count). The molecule has 1 N–H and O–H groups in total. The van der Waals surface area contributed by atoms with E-state index < -0.39 is 10.0 Å². The van der Waals surface area contributed by atoms with Crippen LogP contribution < -0.4 is 4.72 Å². The fraction of sp³-hybridized carbons (Fsp3) is 0.143. The molecule has 0 heterocycles. The van der Waals surface area contributed by atoms with E-state index in [1.165, 1.54) is 18.2 Å². The smallest absolute Gasteiger partial charge is 0.211 e. The van der Waals surface area contributed by atoms with Crippen molar-refractivity contribution in [2.75, 3.05) is 6.54 Å². The van der Waals surface area contributed by atoms with Crippen molar-refractivity contribution in [1.82, 2.24) is 4.72 Å². The lowest BCUT2D eigenvalue weighted by Crippen LogP contribution is -2.26. The first-order chi connectivity index (χ1) is 9.49. The standard InChI is InChI=1S/C14H12Cl2NO2S/c15-13-7-6-12(10-14(13)16)20(18,19)17-9-8-11-4-2-1-3-5-11/h2-7,10,17H,8-9H2. The summed E-state index contributed by atoms with van der Waals surface area (Å²) in [5.41, 5.74) is 1.04. The molecule has 0 saturated heterocycles. The van der Waals surface area contributed by atoms with Crippen LogP contribution in [0.25, 0.3) is 0 Å². The van der Waals surface area contributed by atoms with Gasteiger partial charge in [-0.3, -0.25) is 0 Å². The van der Waals surface area contributed by atoms with E-state index in [1.54, 1.807) is 12.1 Å². The summed E-state index contributed by atoms with van der Waals surface area (Å²) in [5, 5.41) is 0.541. The minimum absolute atomic E-state index is 0.105. The van der Waals surface area contributed by atoms with Crippen molar-refractivity contribution in [1.29, 1.82) is 0 Å². The molecule has 0 fully saturated rings. The van der Waals surface area contributed by atoms with Gasteiger partial charge in [0, 0.05) is 6.54 Å². The van der Waals surface area contributed by atoms with E-state index in [1.807, 2.05) is 12.1 Å². The van der Waals surface area contributed by atoms with Gasteiger partial charge in [-0.05, 0) is 36.2 Å². The third kappa shape index (κ3) is 3.96. The molecule has 0 unspecified atom stereocenters. The number of halogens is 2. The molecule has 0 aliphatic heterocycles. The number of rotatable bonds is 5. The molecule has 105 valence electrons. The average molecular weight is 329 g/mol. The average Bonchev–Trinajstić information content (AvgIpc) is 2.43. The molecule has 0 atom stereocenters. The lowest BCUT2D eigenvalue weighted by Gasteiger charge is -2.07. The molecule has 6 heteroatoms. The summed E-state index contributed by atoms with van der Waals surface area (Å²) in [7, 11) is -3.57. The number of sulfonamides is 1. The van der Waals surface area contributed by atoms with Gasteiger partial charge in [-0.25, -0.2) is 13.1 Å². The summed E-state index contributed by atoms with van der Waals surface area (Å²) < 4.78 is 26.7. The van der Waals surface area contributed by atoms with Gasteiger partial charge in [-0.2, -0.15) is 0 Å². The summed E-state index contributed by atoms with van der Waals surface area (Å²) >= 11 is 11.6. The Morgan fingerprint density at radius 2 is 1.75 bits per heavy atom. The van der Waals surface area contributed by atoms with E-state index in [-0.39, 0.29) is 9.92 Å². The van der Waals surface area contributed by atoms with Crippen molar-refractivity contribution in [3.63, 3.8) is 0 Å². The second-order valence-corrected chi connectivity index (χ2v) is 6.71. The molecule has 0 aliphatic carbocycles. The zero-order chi connectivity index (χ0) is 14.6. The van der Waals surface area contributed by atoms with Crippen molar-refractivity contribution < 1.29 is 8.42 Å². The Balaban J connectivity index is 2.02. The molecular formula is C14H12Cl2NO2S. The van der Waals surface area contributed by atoms with Crippen LogP contribution in [-0.2, 0) is 16.4 Å². The molecule has 2 aromatic carbocycles. The number of nitrogens with one attached hydrogen (secondary N) is 1. The van der Waals surface area contributed by atoms with Crippen LogP contribution in [0.1, 0.15) is 5.56 Å². The van der Waals surface area contributed by atoms with Crippen LogP contribution in [0.4, 0.5) is 0 Å².